The molecular formula is C11H12BrN3S. The molecule has 1 atom stereocenters. The van der Waals surface area contributed by atoms with Crippen LogP contribution in [0.2, 0.25) is 0 Å². The van der Waals surface area contributed by atoms with Crippen molar-refractivity contribution in [2.45, 2.75) is 12.5 Å². The molecule has 0 aliphatic carbocycles. The molecule has 0 aromatic carbocycles. The van der Waals surface area contributed by atoms with Gasteiger partial charge in [-0.25, -0.2) is 0 Å². The number of hydrazine groups is 1. The maximum atomic E-state index is 5.57. The topological polar surface area (TPSA) is 50.9 Å². The SMILES string of the molecule is NNC(Cc1cncc(Br)c1)c1ccsc1. The monoisotopic (exact) mass is 297 g/mol. The number of nitrogens with zero attached hydrogens (tertiary/aromatic N) is 1. The van der Waals surface area contributed by atoms with E-state index in [1.165, 1.54) is 5.56 Å². The summed E-state index contributed by atoms with van der Waals surface area (Å²) in [6, 6.07) is 4.28. The minimum atomic E-state index is 0.141. The molecular weight excluding hydrogens is 286 g/mol. The molecule has 0 bridgehead atoms. The number of hydrogen-bond donors (Lipinski definition) is 2. The van der Waals surface area contributed by atoms with E-state index in [4.69, 9.17) is 5.84 Å². The molecule has 3 nitrogen and oxygen atoms in total. The van der Waals surface area contributed by atoms with Crippen molar-refractivity contribution in [2.75, 3.05) is 0 Å². The first-order valence-electron chi connectivity index (χ1n) is 4.87. The van der Waals surface area contributed by atoms with Crippen molar-refractivity contribution < 1.29 is 0 Å². The van der Waals surface area contributed by atoms with Gasteiger partial charge in [0.25, 0.3) is 0 Å². The molecule has 0 saturated heterocycles. The lowest BCUT2D eigenvalue weighted by atomic mass is 10.0. The normalized spacial score (nSPS) is 12.6. The zero-order valence-electron chi connectivity index (χ0n) is 8.56. The molecule has 16 heavy (non-hydrogen) atoms. The lowest BCUT2D eigenvalue weighted by molar-refractivity contribution is 0.552. The second kappa shape index (κ2) is 5.54. The number of rotatable bonds is 4. The highest BCUT2D eigenvalue weighted by Crippen LogP contribution is 2.21. The second-order valence-electron chi connectivity index (χ2n) is 3.49. The van der Waals surface area contributed by atoms with Crippen LogP contribution in [0.5, 0.6) is 0 Å². The Morgan fingerprint density at radius 1 is 1.50 bits per heavy atom. The molecule has 84 valence electrons. The van der Waals surface area contributed by atoms with Crippen molar-refractivity contribution in [3.8, 4) is 0 Å². The van der Waals surface area contributed by atoms with Crippen molar-refractivity contribution in [2.24, 2.45) is 5.84 Å². The molecule has 3 N–H and O–H groups in total. The van der Waals surface area contributed by atoms with Crippen LogP contribution >= 0.6 is 27.3 Å². The molecule has 0 aliphatic heterocycles. The van der Waals surface area contributed by atoms with Gasteiger partial charge in [0.05, 0.1) is 6.04 Å². The quantitative estimate of drug-likeness (QED) is 0.674. The molecule has 2 heterocycles. The Labute approximate surface area is 107 Å². The molecule has 0 radical (unpaired) electrons. The largest absolute Gasteiger partial charge is 0.271 e. The molecule has 2 aromatic heterocycles. The smallest absolute Gasteiger partial charge is 0.0509 e. The van der Waals surface area contributed by atoms with Crippen LogP contribution in [0.1, 0.15) is 17.2 Å². The molecule has 0 aliphatic rings. The van der Waals surface area contributed by atoms with Crippen molar-refractivity contribution in [3.63, 3.8) is 0 Å². The van der Waals surface area contributed by atoms with E-state index in [0.29, 0.717) is 0 Å². The summed E-state index contributed by atoms with van der Waals surface area (Å²) < 4.78 is 0.992. The predicted octanol–water partition coefficient (Wildman–Crippen LogP) is 2.65. The van der Waals surface area contributed by atoms with Gasteiger partial charge in [-0.15, -0.1) is 0 Å². The molecule has 0 amide bonds. The summed E-state index contributed by atoms with van der Waals surface area (Å²) in [4.78, 5) is 4.14. The third-order valence-electron chi connectivity index (χ3n) is 2.35. The number of pyridine rings is 1. The van der Waals surface area contributed by atoms with Gasteiger partial charge in [-0.2, -0.15) is 11.3 Å². The first kappa shape index (κ1) is 11.7. The van der Waals surface area contributed by atoms with Crippen LogP contribution in [-0.4, -0.2) is 4.98 Å². The van der Waals surface area contributed by atoms with Crippen molar-refractivity contribution >= 4 is 27.3 Å². The highest BCUT2D eigenvalue weighted by atomic mass is 79.9. The maximum absolute atomic E-state index is 5.57. The molecule has 2 rings (SSSR count). The Morgan fingerprint density at radius 3 is 3.00 bits per heavy atom. The Bertz CT molecular complexity index is 444. The Hall–Kier alpha value is -0.750. The van der Waals surface area contributed by atoms with Crippen LogP contribution < -0.4 is 11.3 Å². The molecule has 2 aromatic rings. The van der Waals surface area contributed by atoms with E-state index in [9.17, 15) is 0 Å². The number of hydrogen-bond acceptors (Lipinski definition) is 4. The predicted molar refractivity (Wildman–Crippen MR) is 70.0 cm³/mol. The Kier molecular flexibility index (Phi) is 4.06. The van der Waals surface area contributed by atoms with E-state index < -0.39 is 0 Å². The third-order valence-corrected chi connectivity index (χ3v) is 3.48. The third kappa shape index (κ3) is 2.89. The van der Waals surface area contributed by atoms with Crippen molar-refractivity contribution in [3.05, 3.63) is 50.9 Å². The summed E-state index contributed by atoms with van der Waals surface area (Å²) in [5, 5.41) is 4.16. The summed E-state index contributed by atoms with van der Waals surface area (Å²) in [6.07, 6.45) is 4.47. The van der Waals surface area contributed by atoms with Gasteiger partial charge in [0.2, 0.25) is 0 Å². The van der Waals surface area contributed by atoms with Gasteiger partial charge in [0.15, 0.2) is 0 Å². The van der Waals surface area contributed by atoms with Crippen molar-refractivity contribution in [1.82, 2.24) is 10.4 Å². The number of halogens is 1. The second-order valence-corrected chi connectivity index (χ2v) is 5.19. The highest BCUT2D eigenvalue weighted by molar-refractivity contribution is 9.10. The van der Waals surface area contributed by atoms with E-state index in [2.05, 4.69) is 49.2 Å². The highest BCUT2D eigenvalue weighted by Gasteiger charge is 2.11. The minimum absolute atomic E-state index is 0.141. The number of nitrogens with two attached hydrogens (primary N) is 1. The number of aromatic nitrogens is 1. The number of nitrogens with one attached hydrogen (secondary N) is 1. The van der Waals surface area contributed by atoms with Gasteiger partial charge in [0.1, 0.15) is 0 Å². The fraction of sp³-hybridized carbons (Fsp3) is 0.182. The molecule has 5 heteroatoms. The van der Waals surface area contributed by atoms with Crippen molar-refractivity contribution in [1.29, 1.82) is 0 Å². The van der Waals surface area contributed by atoms with Gasteiger partial charge < -0.3 is 0 Å². The van der Waals surface area contributed by atoms with E-state index in [1.54, 1.807) is 17.5 Å². The Morgan fingerprint density at radius 2 is 2.38 bits per heavy atom. The standard InChI is InChI=1S/C11H12BrN3S/c12-10-3-8(5-14-6-10)4-11(15-13)9-1-2-16-7-9/h1-3,5-7,11,15H,4,13H2. The average Bonchev–Trinajstić information content (AvgIpc) is 2.79. The van der Waals surface area contributed by atoms with Gasteiger partial charge >= 0.3 is 0 Å². The van der Waals surface area contributed by atoms with E-state index in [-0.39, 0.29) is 6.04 Å². The summed E-state index contributed by atoms with van der Waals surface area (Å²) in [7, 11) is 0. The fourth-order valence-electron chi connectivity index (χ4n) is 1.55. The van der Waals surface area contributed by atoms with E-state index in [1.807, 2.05) is 6.20 Å². The maximum Gasteiger partial charge on any atom is 0.0509 e. The van der Waals surface area contributed by atoms with E-state index >= 15 is 0 Å². The van der Waals surface area contributed by atoms with Crippen LogP contribution in [0.4, 0.5) is 0 Å². The molecule has 0 saturated carbocycles. The van der Waals surface area contributed by atoms with Gasteiger partial charge in [-0.1, -0.05) is 0 Å². The van der Waals surface area contributed by atoms with Gasteiger partial charge in [-0.3, -0.25) is 16.3 Å². The van der Waals surface area contributed by atoms with Gasteiger partial charge in [-0.05, 0) is 56.4 Å². The lowest BCUT2D eigenvalue weighted by Crippen LogP contribution is -2.29. The number of thiophene rings is 1. The zero-order valence-corrected chi connectivity index (χ0v) is 11.0. The van der Waals surface area contributed by atoms with Crippen LogP contribution in [0.15, 0.2) is 39.8 Å². The summed E-state index contributed by atoms with van der Waals surface area (Å²) in [5.74, 6) is 5.57. The van der Waals surface area contributed by atoms with Crippen LogP contribution in [0, 0.1) is 0 Å². The summed E-state index contributed by atoms with van der Waals surface area (Å²) in [5.41, 5.74) is 5.21. The lowest BCUT2D eigenvalue weighted by Gasteiger charge is -2.14. The van der Waals surface area contributed by atoms with E-state index in [0.717, 1.165) is 16.5 Å². The molecule has 1 unspecified atom stereocenters. The molecule has 0 spiro atoms. The minimum Gasteiger partial charge on any atom is -0.271 e. The van der Waals surface area contributed by atoms with Gasteiger partial charge in [0, 0.05) is 16.9 Å². The summed E-state index contributed by atoms with van der Waals surface area (Å²) in [6.45, 7) is 0. The Balaban J connectivity index is 2.13. The van der Waals surface area contributed by atoms with Crippen LogP contribution in [0.25, 0.3) is 0 Å². The summed E-state index contributed by atoms with van der Waals surface area (Å²) >= 11 is 5.09. The fourth-order valence-corrected chi connectivity index (χ4v) is 2.68. The average molecular weight is 298 g/mol. The van der Waals surface area contributed by atoms with Crippen LogP contribution in [-0.2, 0) is 6.42 Å². The first-order valence-corrected chi connectivity index (χ1v) is 6.61. The first-order chi connectivity index (χ1) is 7.79. The zero-order chi connectivity index (χ0) is 11.4. The van der Waals surface area contributed by atoms with Crippen LogP contribution in [0.3, 0.4) is 0 Å². The molecule has 0 fully saturated rings.